The monoisotopic (exact) mass is 215 g/mol. The van der Waals surface area contributed by atoms with Crippen molar-refractivity contribution in [1.29, 1.82) is 0 Å². The lowest BCUT2D eigenvalue weighted by molar-refractivity contribution is -0.136. The van der Waals surface area contributed by atoms with E-state index in [2.05, 4.69) is 12.6 Å². The van der Waals surface area contributed by atoms with Gasteiger partial charge in [-0.2, -0.15) is 12.6 Å². The average molecular weight is 215 g/mol. The van der Waals surface area contributed by atoms with Crippen LogP contribution in [0.15, 0.2) is 24.3 Å². The topological polar surface area (TPSA) is 63.3 Å². The molecule has 76 valence electrons. The normalized spacial score (nSPS) is 14.8. The molecule has 5 heteroatoms. The molecule has 0 saturated carbocycles. The second-order valence-corrected chi connectivity index (χ2v) is 3.39. The number of thiol groups is 1. The van der Waals surface area contributed by atoms with E-state index >= 15 is 0 Å². The second kappa shape index (κ2) is 4.43. The number of carbonyl (C=O) groups is 1. The van der Waals surface area contributed by atoms with Crippen LogP contribution in [0.5, 0.6) is 0 Å². The maximum absolute atomic E-state index is 13.2. The van der Waals surface area contributed by atoms with Crippen LogP contribution >= 0.6 is 12.6 Å². The van der Waals surface area contributed by atoms with Crippen LogP contribution in [0.3, 0.4) is 0 Å². The predicted molar refractivity (Wildman–Crippen MR) is 53.7 cm³/mol. The molecule has 1 aromatic carbocycles. The van der Waals surface area contributed by atoms with E-state index in [1.165, 1.54) is 18.2 Å². The molecule has 0 saturated heterocycles. The minimum atomic E-state index is -1.16. The molecule has 3 N–H and O–H groups in total. The fraction of sp³-hybridized carbons (Fsp3) is 0.222. The van der Waals surface area contributed by atoms with Gasteiger partial charge < -0.3 is 10.8 Å². The van der Waals surface area contributed by atoms with Gasteiger partial charge in [0.25, 0.3) is 0 Å². The maximum atomic E-state index is 13.2. The van der Waals surface area contributed by atoms with Crippen molar-refractivity contribution in [3.63, 3.8) is 0 Å². The van der Waals surface area contributed by atoms with Gasteiger partial charge in [0.2, 0.25) is 0 Å². The van der Waals surface area contributed by atoms with Crippen LogP contribution in [0.1, 0.15) is 11.6 Å². The summed E-state index contributed by atoms with van der Waals surface area (Å²) in [6.45, 7) is 0. The lowest BCUT2D eigenvalue weighted by Gasteiger charge is -2.15. The highest BCUT2D eigenvalue weighted by atomic mass is 32.1. The van der Waals surface area contributed by atoms with E-state index in [0.717, 1.165) is 0 Å². The van der Waals surface area contributed by atoms with Crippen LogP contribution < -0.4 is 5.73 Å². The van der Waals surface area contributed by atoms with Crippen LogP contribution in [0, 0.1) is 5.82 Å². The summed E-state index contributed by atoms with van der Waals surface area (Å²) in [6, 6.07) is 4.85. The Hall–Kier alpha value is -1.07. The quantitative estimate of drug-likeness (QED) is 0.664. The van der Waals surface area contributed by atoms with E-state index < -0.39 is 23.1 Å². The first-order valence-corrected chi connectivity index (χ1v) is 4.46. The molecule has 0 radical (unpaired) electrons. The average Bonchev–Trinajstić information content (AvgIpc) is 2.16. The van der Waals surface area contributed by atoms with Gasteiger partial charge in [-0.3, -0.25) is 4.79 Å². The zero-order chi connectivity index (χ0) is 10.7. The Morgan fingerprint density at radius 1 is 1.50 bits per heavy atom. The number of carboxylic acids is 1. The third-order valence-corrected chi connectivity index (χ3v) is 2.40. The van der Waals surface area contributed by atoms with Gasteiger partial charge in [0.15, 0.2) is 0 Å². The minimum Gasteiger partial charge on any atom is -0.480 e. The van der Waals surface area contributed by atoms with Gasteiger partial charge in [0.05, 0.1) is 6.04 Å². The Labute approximate surface area is 86.1 Å². The number of hydrogen-bond acceptors (Lipinski definition) is 3. The molecule has 1 aromatic rings. The smallest absolute Gasteiger partial charge is 0.318 e. The van der Waals surface area contributed by atoms with Crippen molar-refractivity contribution in [2.24, 2.45) is 5.73 Å². The summed E-state index contributed by atoms with van der Waals surface area (Å²) in [4.78, 5) is 10.5. The first kappa shape index (κ1) is 11.0. The predicted octanol–water partition coefficient (Wildman–Crippen LogP) is 1.21. The van der Waals surface area contributed by atoms with Crippen LogP contribution in [-0.4, -0.2) is 16.3 Å². The first-order chi connectivity index (χ1) is 6.54. The van der Waals surface area contributed by atoms with Crippen LogP contribution in [0.25, 0.3) is 0 Å². The molecule has 0 heterocycles. The summed E-state index contributed by atoms with van der Waals surface area (Å²) in [5.41, 5.74) is 5.70. The van der Waals surface area contributed by atoms with Gasteiger partial charge in [0, 0.05) is 5.56 Å². The minimum absolute atomic E-state index is 0.162. The highest BCUT2D eigenvalue weighted by molar-refractivity contribution is 7.81. The number of nitrogens with two attached hydrogens (primary N) is 1. The molecule has 0 aliphatic rings. The number of halogens is 1. The Morgan fingerprint density at radius 3 is 2.57 bits per heavy atom. The molecule has 14 heavy (non-hydrogen) atoms. The standard InChI is InChI=1S/C9H10FNO2S/c10-6-4-2-1-3-5(6)7(11)8(14)9(12)13/h1-4,7-8,14H,11H2,(H,12,13)/t7-,8-/m0/s1. The van der Waals surface area contributed by atoms with Crippen molar-refractivity contribution in [2.75, 3.05) is 0 Å². The summed E-state index contributed by atoms with van der Waals surface area (Å²) in [5, 5.41) is 7.52. The number of hydrogen-bond donors (Lipinski definition) is 3. The van der Waals surface area contributed by atoms with Gasteiger partial charge in [0.1, 0.15) is 11.1 Å². The molecule has 0 aliphatic heterocycles. The van der Waals surface area contributed by atoms with Crippen molar-refractivity contribution in [1.82, 2.24) is 0 Å². The van der Waals surface area contributed by atoms with Gasteiger partial charge in [-0.25, -0.2) is 4.39 Å². The summed E-state index contributed by atoms with van der Waals surface area (Å²) in [6.07, 6.45) is 0. The lowest BCUT2D eigenvalue weighted by Crippen LogP contribution is -2.29. The van der Waals surface area contributed by atoms with Crippen LogP contribution in [0.2, 0.25) is 0 Å². The maximum Gasteiger partial charge on any atom is 0.318 e. The van der Waals surface area contributed by atoms with Crippen molar-refractivity contribution in [3.05, 3.63) is 35.6 Å². The lowest BCUT2D eigenvalue weighted by atomic mass is 10.0. The van der Waals surface area contributed by atoms with Gasteiger partial charge >= 0.3 is 5.97 Å². The molecule has 0 aliphatic carbocycles. The summed E-state index contributed by atoms with van der Waals surface area (Å²) >= 11 is 3.79. The molecule has 0 bridgehead atoms. The number of benzene rings is 1. The third-order valence-electron chi connectivity index (χ3n) is 1.86. The third kappa shape index (κ3) is 2.24. The van der Waals surface area contributed by atoms with Crippen molar-refractivity contribution < 1.29 is 14.3 Å². The van der Waals surface area contributed by atoms with Crippen molar-refractivity contribution in [3.8, 4) is 0 Å². The SMILES string of the molecule is N[C@@H](c1ccccc1F)[C@H](S)C(=O)O. The number of carboxylic acid groups (broad SMARTS) is 1. The van der Waals surface area contributed by atoms with Crippen molar-refractivity contribution >= 4 is 18.6 Å². The van der Waals surface area contributed by atoms with E-state index in [1.807, 2.05) is 0 Å². The molecular formula is C9H10FNO2S. The number of rotatable bonds is 3. The summed E-state index contributed by atoms with van der Waals surface area (Å²) < 4.78 is 13.2. The van der Waals surface area contributed by atoms with E-state index in [-0.39, 0.29) is 5.56 Å². The zero-order valence-corrected chi connectivity index (χ0v) is 8.12. The van der Waals surface area contributed by atoms with Crippen LogP contribution in [0.4, 0.5) is 4.39 Å². The molecule has 0 unspecified atom stereocenters. The summed E-state index contributed by atoms with van der Waals surface area (Å²) in [5.74, 6) is -1.68. The Bertz CT molecular complexity index is 345. The van der Waals surface area contributed by atoms with Crippen LogP contribution in [-0.2, 0) is 4.79 Å². The van der Waals surface area contributed by atoms with Gasteiger partial charge in [-0.05, 0) is 6.07 Å². The molecule has 0 amide bonds. The number of aliphatic carboxylic acids is 1. The molecule has 0 spiro atoms. The molecule has 3 nitrogen and oxygen atoms in total. The highest BCUT2D eigenvalue weighted by Crippen LogP contribution is 2.20. The fourth-order valence-corrected chi connectivity index (χ4v) is 1.23. The molecule has 2 atom stereocenters. The molecular weight excluding hydrogens is 205 g/mol. The first-order valence-electron chi connectivity index (χ1n) is 3.95. The highest BCUT2D eigenvalue weighted by Gasteiger charge is 2.24. The van der Waals surface area contributed by atoms with Gasteiger partial charge in [-0.1, -0.05) is 18.2 Å². The fourth-order valence-electron chi connectivity index (χ4n) is 1.07. The van der Waals surface area contributed by atoms with E-state index in [0.29, 0.717) is 0 Å². The van der Waals surface area contributed by atoms with E-state index in [9.17, 15) is 9.18 Å². The molecule has 0 fully saturated rings. The largest absolute Gasteiger partial charge is 0.480 e. The Kier molecular flexibility index (Phi) is 3.49. The Morgan fingerprint density at radius 2 is 2.07 bits per heavy atom. The molecule has 1 rings (SSSR count). The van der Waals surface area contributed by atoms with Crippen molar-refractivity contribution in [2.45, 2.75) is 11.3 Å². The summed E-state index contributed by atoms with van der Waals surface area (Å²) in [7, 11) is 0. The second-order valence-electron chi connectivity index (χ2n) is 2.83. The van der Waals surface area contributed by atoms with E-state index in [1.54, 1.807) is 6.07 Å². The van der Waals surface area contributed by atoms with Gasteiger partial charge in [-0.15, -0.1) is 0 Å². The Balaban J connectivity index is 2.94. The molecule has 0 aromatic heterocycles. The van der Waals surface area contributed by atoms with E-state index in [4.69, 9.17) is 10.8 Å². The zero-order valence-electron chi connectivity index (χ0n) is 7.22.